The molecule has 0 fully saturated rings. The molecule has 3 heterocycles. The Bertz CT molecular complexity index is 1330. The SMILES string of the molecule is CCOc1ccc(-n2c(SCc3cn4cccnc4n3)nnc2-c2cccc(C)c2)cc1. The number of benzene rings is 2. The van der Waals surface area contributed by atoms with Crippen molar-refractivity contribution in [3.63, 3.8) is 0 Å². The van der Waals surface area contributed by atoms with Crippen molar-refractivity contribution < 1.29 is 4.74 Å². The molecule has 32 heavy (non-hydrogen) atoms. The Hall–Kier alpha value is -3.65. The van der Waals surface area contributed by atoms with Crippen molar-refractivity contribution in [1.29, 1.82) is 0 Å². The van der Waals surface area contributed by atoms with Gasteiger partial charge in [-0.25, -0.2) is 9.97 Å². The van der Waals surface area contributed by atoms with Gasteiger partial charge >= 0.3 is 0 Å². The zero-order valence-electron chi connectivity index (χ0n) is 17.8. The molecule has 0 aliphatic heterocycles. The second kappa shape index (κ2) is 8.84. The fourth-order valence-electron chi connectivity index (χ4n) is 3.51. The molecule has 0 radical (unpaired) electrons. The number of aryl methyl sites for hydroxylation is 1. The van der Waals surface area contributed by atoms with Crippen molar-refractivity contribution in [3.05, 3.63) is 84.4 Å². The van der Waals surface area contributed by atoms with E-state index in [0.29, 0.717) is 18.1 Å². The van der Waals surface area contributed by atoms with Gasteiger partial charge in [0.15, 0.2) is 11.0 Å². The van der Waals surface area contributed by atoms with Crippen molar-refractivity contribution in [2.24, 2.45) is 0 Å². The van der Waals surface area contributed by atoms with Crippen LogP contribution in [-0.2, 0) is 5.75 Å². The van der Waals surface area contributed by atoms with Gasteiger partial charge in [0.1, 0.15) is 5.75 Å². The fraction of sp³-hybridized carbons (Fsp3) is 0.167. The molecule has 5 aromatic rings. The third-order valence-corrected chi connectivity index (χ3v) is 5.91. The first-order valence-corrected chi connectivity index (χ1v) is 11.4. The van der Waals surface area contributed by atoms with Gasteiger partial charge in [-0.2, -0.15) is 0 Å². The first kappa shape index (κ1) is 20.3. The molecule has 7 nitrogen and oxygen atoms in total. The van der Waals surface area contributed by atoms with E-state index >= 15 is 0 Å². The van der Waals surface area contributed by atoms with Gasteiger partial charge in [-0.05, 0) is 50.2 Å². The molecule has 0 bridgehead atoms. The molecule has 0 spiro atoms. The van der Waals surface area contributed by atoms with E-state index in [1.807, 2.05) is 60.1 Å². The van der Waals surface area contributed by atoms with Crippen LogP contribution in [0.3, 0.4) is 0 Å². The summed E-state index contributed by atoms with van der Waals surface area (Å²) >= 11 is 1.60. The lowest BCUT2D eigenvalue weighted by atomic mass is 10.1. The second-order valence-electron chi connectivity index (χ2n) is 7.29. The lowest BCUT2D eigenvalue weighted by molar-refractivity contribution is 0.340. The summed E-state index contributed by atoms with van der Waals surface area (Å²) in [5, 5.41) is 9.86. The Morgan fingerprint density at radius 2 is 1.91 bits per heavy atom. The van der Waals surface area contributed by atoms with E-state index in [4.69, 9.17) is 4.74 Å². The molecule has 0 saturated heterocycles. The Balaban J connectivity index is 1.51. The summed E-state index contributed by atoms with van der Waals surface area (Å²) in [6, 6.07) is 18.2. The van der Waals surface area contributed by atoms with E-state index in [1.165, 1.54) is 5.56 Å². The standard InChI is InChI=1S/C24H22N6OS/c1-3-31-21-10-8-20(9-11-21)30-22(18-7-4-6-17(2)14-18)27-28-24(30)32-16-19-15-29-13-5-12-25-23(29)26-19/h4-15H,3,16H2,1-2H3. The third-order valence-electron chi connectivity index (χ3n) is 4.95. The van der Waals surface area contributed by atoms with Crippen LogP contribution in [0.5, 0.6) is 5.75 Å². The van der Waals surface area contributed by atoms with Gasteiger partial charge in [0, 0.05) is 35.6 Å². The van der Waals surface area contributed by atoms with Crippen LogP contribution in [0, 0.1) is 6.92 Å². The van der Waals surface area contributed by atoms with Crippen LogP contribution < -0.4 is 4.74 Å². The monoisotopic (exact) mass is 442 g/mol. The molecule has 0 atom stereocenters. The van der Waals surface area contributed by atoms with Crippen LogP contribution in [-0.4, -0.2) is 35.7 Å². The molecule has 160 valence electrons. The van der Waals surface area contributed by atoms with Gasteiger partial charge in [0.25, 0.3) is 0 Å². The number of rotatable bonds is 7. The van der Waals surface area contributed by atoms with Crippen LogP contribution >= 0.6 is 11.8 Å². The average molecular weight is 443 g/mol. The van der Waals surface area contributed by atoms with E-state index in [0.717, 1.165) is 33.7 Å². The summed E-state index contributed by atoms with van der Waals surface area (Å²) in [6.45, 7) is 4.69. The fourth-order valence-corrected chi connectivity index (χ4v) is 4.35. The highest BCUT2D eigenvalue weighted by atomic mass is 32.2. The molecule has 0 N–H and O–H groups in total. The highest BCUT2D eigenvalue weighted by molar-refractivity contribution is 7.98. The first-order chi connectivity index (χ1) is 15.7. The molecular weight excluding hydrogens is 420 g/mol. The smallest absolute Gasteiger partial charge is 0.233 e. The molecule has 5 rings (SSSR count). The second-order valence-corrected chi connectivity index (χ2v) is 8.23. The largest absolute Gasteiger partial charge is 0.494 e. The zero-order chi connectivity index (χ0) is 21.9. The van der Waals surface area contributed by atoms with Crippen LogP contribution in [0.15, 0.2) is 78.3 Å². The highest BCUT2D eigenvalue weighted by Crippen LogP contribution is 2.30. The van der Waals surface area contributed by atoms with Crippen molar-refractivity contribution in [3.8, 4) is 22.8 Å². The molecule has 0 aliphatic carbocycles. The van der Waals surface area contributed by atoms with Crippen LogP contribution in [0.2, 0.25) is 0 Å². The summed E-state index contributed by atoms with van der Waals surface area (Å²) in [4.78, 5) is 8.89. The van der Waals surface area contributed by atoms with Gasteiger partial charge in [0.05, 0.1) is 12.3 Å². The summed E-state index contributed by atoms with van der Waals surface area (Å²) < 4.78 is 9.62. The maximum Gasteiger partial charge on any atom is 0.233 e. The predicted molar refractivity (Wildman–Crippen MR) is 125 cm³/mol. The molecule has 0 saturated carbocycles. The molecule has 0 unspecified atom stereocenters. The molecule has 0 amide bonds. The van der Waals surface area contributed by atoms with Crippen molar-refractivity contribution in [2.45, 2.75) is 24.8 Å². The van der Waals surface area contributed by atoms with Gasteiger partial charge in [-0.1, -0.05) is 35.5 Å². The quantitative estimate of drug-likeness (QED) is 0.331. The molecule has 3 aromatic heterocycles. The van der Waals surface area contributed by atoms with Gasteiger partial charge in [0.2, 0.25) is 5.78 Å². The van der Waals surface area contributed by atoms with E-state index in [-0.39, 0.29) is 0 Å². The van der Waals surface area contributed by atoms with Crippen molar-refractivity contribution in [2.75, 3.05) is 6.61 Å². The average Bonchev–Trinajstić information content (AvgIpc) is 3.42. The number of imidazole rings is 1. The predicted octanol–water partition coefficient (Wildman–Crippen LogP) is 4.98. The van der Waals surface area contributed by atoms with Gasteiger partial charge in [-0.15, -0.1) is 10.2 Å². The van der Waals surface area contributed by atoms with Crippen LogP contribution in [0.4, 0.5) is 0 Å². The maximum absolute atomic E-state index is 5.61. The number of nitrogens with zero attached hydrogens (tertiary/aromatic N) is 6. The Morgan fingerprint density at radius 3 is 2.69 bits per heavy atom. The van der Waals surface area contributed by atoms with E-state index in [1.54, 1.807) is 18.0 Å². The molecular formula is C24H22N6OS. The Labute approximate surface area is 190 Å². The minimum Gasteiger partial charge on any atom is -0.494 e. The number of hydrogen-bond donors (Lipinski definition) is 0. The summed E-state index contributed by atoms with van der Waals surface area (Å²) in [7, 11) is 0. The highest BCUT2D eigenvalue weighted by Gasteiger charge is 2.17. The maximum atomic E-state index is 5.61. The zero-order valence-corrected chi connectivity index (χ0v) is 18.7. The van der Waals surface area contributed by atoms with E-state index in [9.17, 15) is 0 Å². The first-order valence-electron chi connectivity index (χ1n) is 10.4. The van der Waals surface area contributed by atoms with Crippen LogP contribution in [0.1, 0.15) is 18.2 Å². The summed E-state index contributed by atoms with van der Waals surface area (Å²) in [5.41, 5.74) is 4.12. The summed E-state index contributed by atoms with van der Waals surface area (Å²) in [5.74, 6) is 2.99. The van der Waals surface area contributed by atoms with Gasteiger partial charge in [-0.3, -0.25) is 8.97 Å². The minimum absolute atomic E-state index is 0.634. The van der Waals surface area contributed by atoms with Crippen LogP contribution in [0.25, 0.3) is 22.9 Å². The number of thioether (sulfide) groups is 1. The lowest BCUT2D eigenvalue weighted by Gasteiger charge is -2.11. The van der Waals surface area contributed by atoms with Crippen molar-refractivity contribution in [1.82, 2.24) is 29.1 Å². The Morgan fingerprint density at radius 1 is 1.03 bits per heavy atom. The van der Waals surface area contributed by atoms with Gasteiger partial charge < -0.3 is 4.74 Å². The minimum atomic E-state index is 0.634. The molecule has 8 heteroatoms. The summed E-state index contributed by atoms with van der Waals surface area (Å²) in [6.07, 6.45) is 5.69. The number of aromatic nitrogens is 6. The third kappa shape index (κ3) is 4.09. The number of hydrogen-bond acceptors (Lipinski definition) is 6. The normalized spacial score (nSPS) is 11.2. The lowest BCUT2D eigenvalue weighted by Crippen LogP contribution is -2.00. The number of ether oxygens (including phenoxy) is 1. The molecule has 0 aliphatic rings. The van der Waals surface area contributed by atoms with E-state index < -0.39 is 0 Å². The topological polar surface area (TPSA) is 70.1 Å². The van der Waals surface area contributed by atoms with E-state index in [2.05, 4.69) is 49.9 Å². The molecule has 2 aromatic carbocycles. The van der Waals surface area contributed by atoms with Crippen molar-refractivity contribution >= 4 is 17.5 Å². The number of fused-ring (bicyclic) bond motifs is 1. The Kier molecular flexibility index (Phi) is 5.60.